The molecule has 2 rings (SSSR count). The Labute approximate surface area is 127 Å². The SMILES string of the molecule is CCn1cnc(S(=O)(=O)NCc2cc(C#CCO)cs2)c1. The monoisotopic (exact) mass is 325 g/mol. The molecule has 2 aromatic rings. The molecule has 0 aliphatic carbocycles. The molecule has 0 atom stereocenters. The van der Waals surface area contributed by atoms with E-state index in [1.165, 1.54) is 23.9 Å². The predicted octanol–water partition coefficient (Wildman–Crippen LogP) is 0.787. The third-order valence-corrected chi connectivity index (χ3v) is 4.87. The number of nitrogens with zero attached hydrogens (tertiary/aromatic N) is 2. The fourth-order valence-electron chi connectivity index (χ4n) is 1.57. The zero-order valence-electron chi connectivity index (χ0n) is 11.4. The molecule has 0 saturated heterocycles. The van der Waals surface area contributed by atoms with Crippen LogP contribution in [0.15, 0.2) is 29.0 Å². The standard InChI is InChI=1S/C13H15N3O3S2/c1-2-16-8-13(14-10-16)21(18,19)15-7-12-6-11(9-20-12)4-3-5-17/h6,8-10,15,17H,2,5,7H2,1H3. The van der Waals surface area contributed by atoms with Crippen molar-refractivity contribution in [2.45, 2.75) is 25.0 Å². The van der Waals surface area contributed by atoms with Crippen molar-refractivity contribution in [1.82, 2.24) is 14.3 Å². The van der Waals surface area contributed by atoms with Gasteiger partial charge in [-0.1, -0.05) is 11.8 Å². The van der Waals surface area contributed by atoms with Gasteiger partial charge in [-0.25, -0.2) is 18.1 Å². The topological polar surface area (TPSA) is 84.2 Å². The molecule has 2 heterocycles. The normalized spacial score (nSPS) is 11.1. The summed E-state index contributed by atoms with van der Waals surface area (Å²) < 4.78 is 28.3. The van der Waals surface area contributed by atoms with Crippen LogP contribution in [0.2, 0.25) is 0 Å². The Kier molecular flexibility index (Phi) is 5.14. The third kappa shape index (κ3) is 4.15. The van der Waals surface area contributed by atoms with Gasteiger partial charge in [0.15, 0.2) is 5.03 Å². The second-order valence-electron chi connectivity index (χ2n) is 4.13. The van der Waals surface area contributed by atoms with E-state index < -0.39 is 10.0 Å². The lowest BCUT2D eigenvalue weighted by molar-refractivity contribution is 0.350. The lowest BCUT2D eigenvalue weighted by atomic mass is 10.3. The van der Waals surface area contributed by atoms with E-state index in [9.17, 15) is 8.42 Å². The summed E-state index contributed by atoms with van der Waals surface area (Å²) in [4.78, 5) is 4.73. The molecule has 0 bridgehead atoms. The summed E-state index contributed by atoms with van der Waals surface area (Å²) in [6.07, 6.45) is 2.98. The molecule has 0 aliphatic rings. The van der Waals surface area contributed by atoms with Crippen LogP contribution in [0.25, 0.3) is 0 Å². The first kappa shape index (κ1) is 15.7. The van der Waals surface area contributed by atoms with Crippen LogP contribution in [0.1, 0.15) is 17.4 Å². The van der Waals surface area contributed by atoms with E-state index >= 15 is 0 Å². The van der Waals surface area contributed by atoms with Crippen LogP contribution in [0.3, 0.4) is 0 Å². The second kappa shape index (κ2) is 6.87. The first-order chi connectivity index (χ1) is 10.0. The van der Waals surface area contributed by atoms with Gasteiger partial charge in [0.2, 0.25) is 0 Å². The summed E-state index contributed by atoms with van der Waals surface area (Å²) in [6.45, 7) is 2.57. The Bertz CT molecular complexity index is 766. The first-order valence-corrected chi connectivity index (χ1v) is 8.60. The Morgan fingerprint density at radius 2 is 2.33 bits per heavy atom. The molecular formula is C13H15N3O3S2. The maximum Gasteiger partial charge on any atom is 0.259 e. The lowest BCUT2D eigenvalue weighted by Gasteiger charge is -2.02. The van der Waals surface area contributed by atoms with Crippen molar-refractivity contribution in [3.8, 4) is 11.8 Å². The van der Waals surface area contributed by atoms with Gasteiger partial charge in [-0.2, -0.15) is 0 Å². The number of hydrogen-bond acceptors (Lipinski definition) is 5. The van der Waals surface area contributed by atoms with E-state index in [-0.39, 0.29) is 18.2 Å². The molecule has 0 amide bonds. The predicted molar refractivity (Wildman–Crippen MR) is 80.2 cm³/mol. The summed E-state index contributed by atoms with van der Waals surface area (Å²) in [5.41, 5.74) is 0.763. The smallest absolute Gasteiger partial charge is 0.259 e. The molecule has 2 N–H and O–H groups in total. The Morgan fingerprint density at radius 1 is 1.52 bits per heavy atom. The number of aryl methyl sites for hydroxylation is 1. The van der Waals surface area contributed by atoms with Gasteiger partial charge in [0.1, 0.15) is 6.61 Å². The van der Waals surface area contributed by atoms with E-state index in [0.717, 1.165) is 10.4 Å². The molecule has 21 heavy (non-hydrogen) atoms. The van der Waals surface area contributed by atoms with E-state index in [1.54, 1.807) is 10.6 Å². The molecule has 0 aromatic carbocycles. The van der Waals surface area contributed by atoms with Gasteiger partial charge >= 0.3 is 0 Å². The van der Waals surface area contributed by atoms with E-state index in [0.29, 0.717) is 6.54 Å². The largest absolute Gasteiger partial charge is 0.384 e. The van der Waals surface area contributed by atoms with E-state index in [1.807, 2.05) is 12.3 Å². The number of rotatable bonds is 5. The van der Waals surface area contributed by atoms with Gasteiger partial charge in [-0.05, 0) is 13.0 Å². The quantitative estimate of drug-likeness (QED) is 0.796. The number of thiophene rings is 1. The molecule has 112 valence electrons. The van der Waals surface area contributed by atoms with Crippen LogP contribution in [0, 0.1) is 11.8 Å². The molecule has 2 aromatic heterocycles. The first-order valence-electron chi connectivity index (χ1n) is 6.23. The van der Waals surface area contributed by atoms with Crippen LogP contribution < -0.4 is 4.72 Å². The summed E-state index contributed by atoms with van der Waals surface area (Å²) in [6, 6.07) is 1.79. The number of hydrogen-bond donors (Lipinski definition) is 2. The van der Waals surface area contributed by atoms with Crippen LogP contribution in [0.5, 0.6) is 0 Å². The number of aliphatic hydroxyl groups is 1. The molecule has 0 fully saturated rings. The summed E-state index contributed by atoms with van der Waals surface area (Å²) in [5.74, 6) is 5.32. The zero-order valence-corrected chi connectivity index (χ0v) is 13.0. The highest BCUT2D eigenvalue weighted by Crippen LogP contribution is 2.15. The number of sulfonamides is 1. The van der Waals surface area contributed by atoms with Gasteiger partial charge in [-0.15, -0.1) is 11.3 Å². The minimum atomic E-state index is -3.61. The highest BCUT2D eigenvalue weighted by atomic mass is 32.2. The van der Waals surface area contributed by atoms with Crippen molar-refractivity contribution in [1.29, 1.82) is 0 Å². The molecule has 0 radical (unpaired) electrons. The van der Waals surface area contributed by atoms with Crippen molar-refractivity contribution in [3.05, 3.63) is 34.4 Å². The zero-order chi connectivity index (χ0) is 15.3. The molecule has 0 spiro atoms. The van der Waals surface area contributed by atoms with Crippen LogP contribution >= 0.6 is 11.3 Å². The van der Waals surface area contributed by atoms with Gasteiger partial charge < -0.3 is 9.67 Å². The highest BCUT2D eigenvalue weighted by molar-refractivity contribution is 7.89. The number of nitrogens with one attached hydrogen (secondary N) is 1. The molecular weight excluding hydrogens is 310 g/mol. The average molecular weight is 325 g/mol. The Morgan fingerprint density at radius 3 is 3.00 bits per heavy atom. The summed E-state index contributed by atoms with van der Waals surface area (Å²) in [5, 5.41) is 10.5. The average Bonchev–Trinajstić information content (AvgIpc) is 3.12. The molecule has 8 heteroatoms. The Balaban J connectivity index is 2.03. The maximum atomic E-state index is 12.1. The molecule has 6 nitrogen and oxygen atoms in total. The minimum absolute atomic E-state index is 0.0150. The highest BCUT2D eigenvalue weighted by Gasteiger charge is 2.17. The van der Waals surface area contributed by atoms with Crippen molar-refractivity contribution in [2.75, 3.05) is 6.61 Å². The van der Waals surface area contributed by atoms with Gasteiger partial charge in [-0.3, -0.25) is 0 Å². The lowest BCUT2D eigenvalue weighted by Crippen LogP contribution is -2.23. The molecule has 0 unspecified atom stereocenters. The minimum Gasteiger partial charge on any atom is -0.384 e. The maximum absolute atomic E-state index is 12.1. The number of aliphatic hydroxyl groups excluding tert-OH is 1. The van der Waals surface area contributed by atoms with E-state index in [2.05, 4.69) is 21.5 Å². The van der Waals surface area contributed by atoms with Crippen molar-refractivity contribution in [2.24, 2.45) is 0 Å². The fourth-order valence-corrected chi connectivity index (χ4v) is 3.37. The third-order valence-electron chi connectivity index (χ3n) is 2.65. The number of aromatic nitrogens is 2. The van der Waals surface area contributed by atoms with Crippen molar-refractivity contribution in [3.63, 3.8) is 0 Å². The molecule has 0 aliphatic heterocycles. The van der Waals surface area contributed by atoms with Crippen LogP contribution in [-0.2, 0) is 23.1 Å². The van der Waals surface area contributed by atoms with Crippen LogP contribution in [-0.4, -0.2) is 29.7 Å². The Hall–Kier alpha value is -1.66. The van der Waals surface area contributed by atoms with Crippen molar-refractivity contribution >= 4 is 21.4 Å². The van der Waals surface area contributed by atoms with Gasteiger partial charge in [0.25, 0.3) is 10.0 Å². The van der Waals surface area contributed by atoms with Gasteiger partial charge in [0.05, 0.1) is 6.33 Å². The fraction of sp³-hybridized carbons (Fsp3) is 0.308. The van der Waals surface area contributed by atoms with E-state index in [4.69, 9.17) is 5.11 Å². The second-order valence-corrected chi connectivity index (χ2v) is 6.84. The summed E-state index contributed by atoms with van der Waals surface area (Å²) in [7, 11) is -3.61. The number of imidazole rings is 1. The molecule has 0 saturated carbocycles. The van der Waals surface area contributed by atoms with Gasteiger partial charge in [0, 0.05) is 35.1 Å². The summed E-state index contributed by atoms with van der Waals surface area (Å²) >= 11 is 1.41. The van der Waals surface area contributed by atoms with Crippen molar-refractivity contribution < 1.29 is 13.5 Å². The van der Waals surface area contributed by atoms with Crippen LogP contribution in [0.4, 0.5) is 0 Å².